The van der Waals surface area contributed by atoms with Crippen LogP contribution in [-0.4, -0.2) is 42.2 Å². The maximum absolute atomic E-state index is 13.5. The number of carbonyl (C=O) groups is 2. The van der Waals surface area contributed by atoms with E-state index in [1.54, 1.807) is 0 Å². The molecule has 21 heavy (non-hydrogen) atoms. The van der Waals surface area contributed by atoms with E-state index >= 15 is 0 Å². The van der Waals surface area contributed by atoms with Gasteiger partial charge in [-0.2, -0.15) is 0 Å². The zero-order valence-corrected chi connectivity index (χ0v) is 12.2. The number of rotatable bonds is 6. The molecule has 0 aliphatic rings. The van der Waals surface area contributed by atoms with E-state index in [1.165, 1.54) is 19.2 Å². The van der Waals surface area contributed by atoms with Gasteiger partial charge in [-0.05, 0) is 18.1 Å². The Kier molecular flexibility index (Phi) is 5.95. The van der Waals surface area contributed by atoms with Crippen molar-refractivity contribution in [3.8, 4) is 5.75 Å². The van der Waals surface area contributed by atoms with Crippen LogP contribution >= 0.6 is 0 Å². The number of urea groups is 1. The van der Waals surface area contributed by atoms with Crippen LogP contribution in [0.25, 0.3) is 0 Å². The molecule has 0 saturated heterocycles. The predicted molar refractivity (Wildman–Crippen MR) is 76.0 cm³/mol. The number of carbonyl (C=O) groups excluding carboxylic acids is 1. The number of nitrogens with zero attached hydrogens (tertiary/aromatic N) is 1. The normalized spacial score (nSPS) is 10.3. The molecule has 2 amide bonds. The van der Waals surface area contributed by atoms with Gasteiger partial charge in [-0.25, -0.2) is 9.18 Å². The molecule has 0 aliphatic carbocycles. The van der Waals surface area contributed by atoms with E-state index in [0.29, 0.717) is 0 Å². The van der Waals surface area contributed by atoms with Crippen LogP contribution in [0.3, 0.4) is 0 Å². The highest BCUT2D eigenvalue weighted by atomic mass is 19.1. The van der Waals surface area contributed by atoms with E-state index in [1.807, 2.05) is 13.8 Å². The van der Waals surface area contributed by atoms with Crippen molar-refractivity contribution in [2.75, 3.05) is 25.5 Å². The van der Waals surface area contributed by atoms with Crippen molar-refractivity contribution in [2.45, 2.75) is 13.8 Å². The second-order valence-electron chi connectivity index (χ2n) is 4.95. The number of carboxylic acids is 1. The van der Waals surface area contributed by atoms with Crippen molar-refractivity contribution in [1.82, 2.24) is 4.90 Å². The Morgan fingerprint density at radius 2 is 2.10 bits per heavy atom. The molecule has 1 aromatic carbocycles. The minimum atomic E-state index is -1.10. The molecule has 0 spiro atoms. The maximum atomic E-state index is 13.5. The number of halogens is 1. The molecule has 0 fully saturated rings. The average Bonchev–Trinajstić information content (AvgIpc) is 2.37. The van der Waals surface area contributed by atoms with E-state index in [4.69, 9.17) is 9.84 Å². The molecule has 0 saturated carbocycles. The van der Waals surface area contributed by atoms with Crippen molar-refractivity contribution >= 4 is 17.7 Å². The smallest absolute Gasteiger partial charge is 0.323 e. The van der Waals surface area contributed by atoms with E-state index in [9.17, 15) is 14.0 Å². The third-order valence-electron chi connectivity index (χ3n) is 2.60. The molecule has 0 aromatic heterocycles. The monoisotopic (exact) mass is 298 g/mol. The predicted octanol–water partition coefficient (Wildman–Crippen LogP) is 2.41. The average molecular weight is 298 g/mol. The first-order chi connectivity index (χ1) is 9.83. The zero-order chi connectivity index (χ0) is 16.0. The first kappa shape index (κ1) is 16.7. The van der Waals surface area contributed by atoms with Crippen LogP contribution < -0.4 is 10.1 Å². The summed E-state index contributed by atoms with van der Waals surface area (Å²) in [5.74, 6) is -1.53. The number of methoxy groups -OCH3 is 1. The molecule has 2 N–H and O–H groups in total. The van der Waals surface area contributed by atoms with E-state index in [0.717, 1.165) is 11.0 Å². The summed E-state index contributed by atoms with van der Waals surface area (Å²) in [6.07, 6.45) is 0. The fourth-order valence-electron chi connectivity index (χ4n) is 1.77. The van der Waals surface area contributed by atoms with Crippen LogP contribution in [0, 0.1) is 11.7 Å². The van der Waals surface area contributed by atoms with Gasteiger partial charge in [-0.15, -0.1) is 0 Å². The fourth-order valence-corrected chi connectivity index (χ4v) is 1.77. The van der Waals surface area contributed by atoms with Crippen molar-refractivity contribution < 1.29 is 23.8 Å². The Bertz CT molecular complexity index is 520. The fraction of sp³-hybridized carbons (Fsp3) is 0.429. The quantitative estimate of drug-likeness (QED) is 0.845. The highest BCUT2D eigenvalue weighted by Gasteiger charge is 2.18. The SMILES string of the molecule is COc1ccc(NC(=O)N(CC(=O)O)CC(C)C)cc1F. The summed E-state index contributed by atoms with van der Waals surface area (Å²) in [4.78, 5) is 24.0. The van der Waals surface area contributed by atoms with Gasteiger partial charge in [-0.1, -0.05) is 13.8 Å². The number of anilines is 1. The Balaban J connectivity index is 2.80. The van der Waals surface area contributed by atoms with Crippen molar-refractivity contribution in [3.63, 3.8) is 0 Å². The van der Waals surface area contributed by atoms with Crippen molar-refractivity contribution in [2.24, 2.45) is 5.92 Å². The summed E-state index contributed by atoms with van der Waals surface area (Å²) in [5.41, 5.74) is 0.234. The number of aliphatic carboxylic acids is 1. The molecule has 1 rings (SSSR count). The molecule has 1 aromatic rings. The molecule has 0 bridgehead atoms. The Morgan fingerprint density at radius 1 is 1.43 bits per heavy atom. The first-order valence-corrected chi connectivity index (χ1v) is 6.44. The van der Waals surface area contributed by atoms with Crippen molar-refractivity contribution in [3.05, 3.63) is 24.0 Å². The molecule has 0 unspecified atom stereocenters. The van der Waals surface area contributed by atoms with Gasteiger partial charge in [0.2, 0.25) is 0 Å². The summed E-state index contributed by atoms with van der Waals surface area (Å²) in [7, 11) is 1.34. The summed E-state index contributed by atoms with van der Waals surface area (Å²) >= 11 is 0. The van der Waals surface area contributed by atoms with Gasteiger partial charge in [0.05, 0.1) is 7.11 Å². The van der Waals surface area contributed by atoms with E-state index < -0.39 is 24.4 Å². The molecule has 0 radical (unpaired) electrons. The third-order valence-corrected chi connectivity index (χ3v) is 2.60. The minimum Gasteiger partial charge on any atom is -0.494 e. The lowest BCUT2D eigenvalue weighted by Gasteiger charge is -2.23. The standard InChI is InChI=1S/C14H19FN2O4/c1-9(2)7-17(8-13(18)19)14(20)16-10-4-5-12(21-3)11(15)6-10/h4-6,9H,7-8H2,1-3H3,(H,16,20)(H,18,19). The molecule has 6 nitrogen and oxygen atoms in total. The Morgan fingerprint density at radius 3 is 2.57 bits per heavy atom. The van der Waals surface area contributed by atoms with Crippen LogP contribution in [0.4, 0.5) is 14.9 Å². The van der Waals surface area contributed by atoms with Crippen LogP contribution in [0.5, 0.6) is 5.75 Å². The lowest BCUT2D eigenvalue weighted by Crippen LogP contribution is -2.40. The molecule has 0 aliphatic heterocycles. The van der Waals surface area contributed by atoms with Gasteiger partial charge < -0.3 is 20.1 Å². The van der Waals surface area contributed by atoms with Gasteiger partial charge in [0, 0.05) is 18.3 Å². The summed E-state index contributed by atoms with van der Waals surface area (Å²) in [6.45, 7) is 3.61. The van der Waals surface area contributed by atoms with Crippen LogP contribution in [0.1, 0.15) is 13.8 Å². The number of ether oxygens (including phenoxy) is 1. The van der Waals surface area contributed by atoms with Crippen LogP contribution in [0.2, 0.25) is 0 Å². The van der Waals surface area contributed by atoms with E-state index in [2.05, 4.69) is 5.32 Å². The summed E-state index contributed by atoms with van der Waals surface area (Å²) in [5, 5.41) is 11.3. The first-order valence-electron chi connectivity index (χ1n) is 6.44. The highest BCUT2D eigenvalue weighted by Crippen LogP contribution is 2.20. The molecular weight excluding hydrogens is 279 g/mol. The summed E-state index contributed by atoms with van der Waals surface area (Å²) in [6, 6.07) is 3.39. The van der Waals surface area contributed by atoms with Gasteiger partial charge >= 0.3 is 12.0 Å². The number of hydrogen-bond acceptors (Lipinski definition) is 3. The van der Waals surface area contributed by atoms with Gasteiger partial charge in [0.15, 0.2) is 11.6 Å². The van der Waals surface area contributed by atoms with Crippen LogP contribution in [0.15, 0.2) is 18.2 Å². The Labute approximate surface area is 122 Å². The minimum absolute atomic E-state index is 0.0672. The van der Waals surface area contributed by atoms with Gasteiger partial charge in [-0.3, -0.25) is 4.79 Å². The molecule has 0 heterocycles. The highest BCUT2D eigenvalue weighted by molar-refractivity contribution is 5.91. The maximum Gasteiger partial charge on any atom is 0.323 e. The van der Waals surface area contributed by atoms with Crippen LogP contribution in [-0.2, 0) is 4.79 Å². The number of nitrogens with one attached hydrogen (secondary N) is 1. The molecular formula is C14H19FN2O4. The molecule has 7 heteroatoms. The third kappa shape index (κ3) is 5.29. The number of amides is 2. The number of hydrogen-bond donors (Lipinski definition) is 2. The topological polar surface area (TPSA) is 78.9 Å². The number of benzene rings is 1. The largest absolute Gasteiger partial charge is 0.494 e. The lowest BCUT2D eigenvalue weighted by atomic mass is 10.2. The second kappa shape index (κ2) is 7.47. The molecule has 116 valence electrons. The van der Waals surface area contributed by atoms with E-state index in [-0.39, 0.29) is 23.9 Å². The summed E-state index contributed by atoms with van der Waals surface area (Å²) < 4.78 is 18.3. The lowest BCUT2D eigenvalue weighted by molar-refractivity contribution is -0.137. The van der Waals surface area contributed by atoms with Gasteiger partial charge in [0.1, 0.15) is 6.54 Å². The Hall–Kier alpha value is -2.31. The zero-order valence-electron chi connectivity index (χ0n) is 12.2. The molecule has 0 atom stereocenters. The van der Waals surface area contributed by atoms with Gasteiger partial charge in [0.25, 0.3) is 0 Å². The number of carboxylic acid groups (broad SMARTS) is 1. The van der Waals surface area contributed by atoms with Crippen molar-refractivity contribution in [1.29, 1.82) is 0 Å². The second-order valence-corrected chi connectivity index (χ2v) is 4.95.